The van der Waals surface area contributed by atoms with Gasteiger partial charge in [-0.25, -0.2) is 23.1 Å². The van der Waals surface area contributed by atoms with E-state index in [4.69, 9.17) is 5.14 Å². The molecule has 0 aliphatic carbocycles. The number of imidazole rings is 1. The number of hydrogen-bond donors (Lipinski definition) is 1. The third-order valence-corrected chi connectivity index (χ3v) is 6.22. The molecule has 0 saturated carbocycles. The third-order valence-electron chi connectivity index (χ3n) is 3.30. The maximum absolute atomic E-state index is 11.3. The van der Waals surface area contributed by atoms with Gasteiger partial charge in [0, 0.05) is 5.56 Å². The van der Waals surface area contributed by atoms with E-state index >= 15 is 0 Å². The fraction of sp³-hybridized carbons (Fsp3) is 0. The Labute approximate surface area is 139 Å². The van der Waals surface area contributed by atoms with Crippen molar-refractivity contribution >= 4 is 37.7 Å². The van der Waals surface area contributed by atoms with Crippen LogP contribution in [0.15, 0.2) is 51.6 Å². The highest BCUT2D eigenvalue weighted by Gasteiger charge is 2.17. The molecule has 0 saturated heterocycles. The predicted molar refractivity (Wildman–Crippen MR) is 91.0 cm³/mol. The van der Waals surface area contributed by atoms with E-state index in [-0.39, 0.29) is 4.34 Å². The quantitative estimate of drug-likeness (QED) is 0.607. The lowest BCUT2D eigenvalue weighted by Gasteiger charge is -2.00. The molecule has 0 aliphatic heterocycles. The number of thiophene rings is 1. The van der Waals surface area contributed by atoms with E-state index < -0.39 is 10.0 Å². The summed E-state index contributed by atoms with van der Waals surface area (Å²) >= 11 is 2.61. The van der Waals surface area contributed by atoms with E-state index in [1.807, 2.05) is 29.6 Å². The number of benzene rings is 1. The van der Waals surface area contributed by atoms with Crippen LogP contribution in [0.1, 0.15) is 0 Å². The summed E-state index contributed by atoms with van der Waals surface area (Å²) in [6.45, 7) is 0. The van der Waals surface area contributed by atoms with Crippen LogP contribution in [0.5, 0.6) is 0 Å². The molecule has 0 atom stereocenters. The molecule has 0 bridgehead atoms. The molecule has 0 radical (unpaired) electrons. The number of aromatic nitrogens is 3. The molecule has 3 heterocycles. The van der Waals surface area contributed by atoms with Crippen LogP contribution in [-0.4, -0.2) is 23.0 Å². The monoisotopic (exact) mass is 362 g/mol. The average molecular weight is 362 g/mol. The van der Waals surface area contributed by atoms with Gasteiger partial charge in [-0.1, -0.05) is 35.6 Å². The molecule has 23 heavy (non-hydrogen) atoms. The Morgan fingerprint density at radius 3 is 2.39 bits per heavy atom. The lowest BCUT2D eigenvalue weighted by atomic mass is 10.1. The Kier molecular flexibility index (Phi) is 3.31. The number of rotatable bonds is 3. The fourth-order valence-corrected chi connectivity index (χ4v) is 4.37. The van der Waals surface area contributed by atoms with Gasteiger partial charge < -0.3 is 0 Å². The van der Waals surface area contributed by atoms with E-state index in [2.05, 4.69) is 21.5 Å². The summed E-state index contributed by atoms with van der Waals surface area (Å²) in [4.78, 5) is 4.90. The van der Waals surface area contributed by atoms with Crippen molar-refractivity contribution in [3.05, 3.63) is 47.3 Å². The lowest BCUT2D eigenvalue weighted by molar-refractivity contribution is 0.595. The van der Waals surface area contributed by atoms with Gasteiger partial charge in [0.05, 0.1) is 11.9 Å². The van der Waals surface area contributed by atoms with Crippen LogP contribution in [0.4, 0.5) is 0 Å². The molecule has 116 valence electrons. The van der Waals surface area contributed by atoms with Gasteiger partial charge in [0.15, 0.2) is 0 Å². The average Bonchev–Trinajstić information content (AvgIpc) is 3.22. The molecule has 9 heteroatoms. The van der Waals surface area contributed by atoms with E-state index in [1.54, 1.807) is 17.5 Å². The molecule has 1 aromatic carbocycles. The summed E-state index contributed by atoms with van der Waals surface area (Å²) < 4.78 is 23.9. The van der Waals surface area contributed by atoms with E-state index in [0.717, 1.165) is 28.2 Å². The van der Waals surface area contributed by atoms with Gasteiger partial charge in [0.1, 0.15) is 0 Å². The number of sulfonamides is 1. The highest BCUT2D eigenvalue weighted by molar-refractivity contribution is 7.91. The zero-order valence-electron chi connectivity index (χ0n) is 11.6. The van der Waals surface area contributed by atoms with Gasteiger partial charge >= 0.3 is 0 Å². The first kappa shape index (κ1) is 14.5. The van der Waals surface area contributed by atoms with Crippen molar-refractivity contribution in [2.75, 3.05) is 0 Å². The summed E-state index contributed by atoms with van der Waals surface area (Å²) in [7, 11) is -3.80. The first-order chi connectivity index (χ1) is 11.0. The predicted octanol–water partition coefficient (Wildman–Crippen LogP) is 2.83. The smallest absolute Gasteiger partial charge is 0.223 e. The number of nitrogens with zero attached hydrogens (tertiary/aromatic N) is 3. The van der Waals surface area contributed by atoms with Crippen LogP contribution >= 0.6 is 22.7 Å². The molecule has 2 N–H and O–H groups in total. The first-order valence-corrected chi connectivity index (χ1v) is 9.83. The molecule has 0 spiro atoms. The minimum Gasteiger partial charge on any atom is -0.223 e. The van der Waals surface area contributed by atoms with Gasteiger partial charge in [-0.3, -0.25) is 0 Å². The minimum atomic E-state index is -3.80. The molecule has 0 unspecified atom stereocenters. The van der Waals surface area contributed by atoms with Crippen LogP contribution in [0.2, 0.25) is 0 Å². The first-order valence-electron chi connectivity index (χ1n) is 6.53. The van der Waals surface area contributed by atoms with E-state index in [0.29, 0.717) is 4.96 Å². The van der Waals surface area contributed by atoms with Gasteiger partial charge in [-0.15, -0.1) is 5.10 Å². The normalized spacial score (nSPS) is 12.0. The molecule has 6 nitrogen and oxygen atoms in total. The number of primary sulfonamides is 1. The highest BCUT2D eigenvalue weighted by Crippen LogP contribution is 2.27. The lowest BCUT2D eigenvalue weighted by Crippen LogP contribution is -2.12. The van der Waals surface area contributed by atoms with Crippen molar-refractivity contribution < 1.29 is 8.42 Å². The molecule has 4 rings (SSSR count). The maximum Gasteiger partial charge on any atom is 0.267 e. The van der Waals surface area contributed by atoms with Gasteiger partial charge in [-0.2, -0.15) is 11.3 Å². The second kappa shape index (κ2) is 5.24. The molecule has 0 fully saturated rings. The molecular formula is C14H10N4O2S3. The Morgan fingerprint density at radius 2 is 1.78 bits per heavy atom. The van der Waals surface area contributed by atoms with E-state index in [9.17, 15) is 8.42 Å². The van der Waals surface area contributed by atoms with Crippen molar-refractivity contribution in [2.24, 2.45) is 5.14 Å². The second-order valence-electron chi connectivity index (χ2n) is 4.86. The van der Waals surface area contributed by atoms with Crippen LogP contribution in [-0.2, 0) is 10.0 Å². The van der Waals surface area contributed by atoms with Crippen molar-refractivity contribution in [3.63, 3.8) is 0 Å². The van der Waals surface area contributed by atoms with Crippen LogP contribution in [0, 0.1) is 0 Å². The molecule has 4 aromatic rings. The van der Waals surface area contributed by atoms with Crippen LogP contribution in [0.25, 0.3) is 27.3 Å². The summed E-state index contributed by atoms with van der Waals surface area (Å²) in [5, 5.41) is 13.2. The highest BCUT2D eigenvalue weighted by atomic mass is 32.2. The summed E-state index contributed by atoms with van der Waals surface area (Å²) in [5.41, 5.74) is 4.01. The van der Waals surface area contributed by atoms with Crippen LogP contribution in [0.3, 0.4) is 0 Å². The van der Waals surface area contributed by atoms with Gasteiger partial charge in [-0.05, 0) is 28.0 Å². The zero-order valence-corrected chi connectivity index (χ0v) is 14.0. The summed E-state index contributed by atoms with van der Waals surface area (Å²) in [6, 6.07) is 10.1. The fourth-order valence-electron chi connectivity index (χ4n) is 2.20. The minimum absolute atomic E-state index is 0.139. The zero-order chi connectivity index (χ0) is 16.0. The Bertz CT molecular complexity index is 1050. The van der Waals surface area contributed by atoms with Gasteiger partial charge in [0.2, 0.25) is 9.30 Å². The summed E-state index contributed by atoms with van der Waals surface area (Å²) in [6.07, 6.45) is 1.69. The van der Waals surface area contributed by atoms with Crippen molar-refractivity contribution in [2.45, 2.75) is 4.34 Å². The maximum atomic E-state index is 11.3. The SMILES string of the molecule is NS(=O)(=O)c1nn2cc(-c3ccc(-c4ccsc4)cc3)nc2s1. The topological polar surface area (TPSA) is 90.4 Å². The van der Waals surface area contributed by atoms with Crippen molar-refractivity contribution in [1.82, 2.24) is 14.6 Å². The summed E-state index contributed by atoms with van der Waals surface area (Å²) in [5.74, 6) is 0. The van der Waals surface area contributed by atoms with Crippen molar-refractivity contribution in [1.29, 1.82) is 0 Å². The molecule has 0 aliphatic rings. The Morgan fingerprint density at radius 1 is 1.04 bits per heavy atom. The second-order valence-corrected chi connectivity index (χ2v) is 8.33. The van der Waals surface area contributed by atoms with Crippen LogP contribution < -0.4 is 5.14 Å². The Hall–Kier alpha value is -2.07. The number of nitrogens with two attached hydrogens (primary N) is 1. The van der Waals surface area contributed by atoms with E-state index in [1.165, 1.54) is 10.1 Å². The number of hydrogen-bond acceptors (Lipinski definition) is 6. The van der Waals surface area contributed by atoms with Gasteiger partial charge in [0.25, 0.3) is 10.0 Å². The standard InChI is InChI=1S/C14H10N4O2S3/c15-23(19,20)14-17-18-7-12(16-13(18)22-14)10-3-1-9(2-4-10)11-5-6-21-8-11/h1-8H,(H2,15,19,20). The van der Waals surface area contributed by atoms with Crippen molar-refractivity contribution in [3.8, 4) is 22.4 Å². The third kappa shape index (κ3) is 2.68. The largest absolute Gasteiger partial charge is 0.267 e. The molecule has 0 amide bonds. The molecule has 3 aromatic heterocycles. The Balaban J connectivity index is 1.70. The molecular weight excluding hydrogens is 352 g/mol. The number of fused-ring (bicyclic) bond motifs is 1.